The van der Waals surface area contributed by atoms with E-state index in [4.69, 9.17) is 16.6 Å². The smallest absolute Gasteiger partial charge is 0.280 e. The molecular formula is C22H24ClN7OS2. The maximum Gasteiger partial charge on any atom is 0.280 e. The van der Waals surface area contributed by atoms with Gasteiger partial charge < -0.3 is 9.88 Å². The van der Waals surface area contributed by atoms with Gasteiger partial charge in [-0.05, 0) is 49.2 Å². The normalized spacial score (nSPS) is 18.8. The highest BCUT2D eigenvalue weighted by Gasteiger charge is 2.29. The van der Waals surface area contributed by atoms with Crippen LogP contribution in [0.5, 0.6) is 0 Å². The average molecular weight is 502 g/mol. The number of rotatable bonds is 6. The Hall–Kier alpha value is -2.43. The van der Waals surface area contributed by atoms with Crippen LogP contribution in [0.25, 0.3) is 21.7 Å². The lowest BCUT2D eigenvalue weighted by atomic mass is 9.90. The summed E-state index contributed by atoms with van der Waals surface area (Å²) in [6, 6.07) is 2.40. The van der Waals surface area contributed by atoms with Crippen molar-refractivity contribution in [2.75, 3.05) is 0 Å². The fraction of sp³-hybridized carbons (Fsp3) is 0.455. The van der Waals surface area contributed by atoms with Crippen molar-refractivity contribution in [1.29, 1.82) is 0 Å². The highest BCUT2D eigenvalue weighted by molar-refractivity contribution is 7.17. The first-order chi connectivity index (χ1) is 16.0. The number of fused-ring (bicyclic) bond motifs is 1. The second-order valence-electron chi connectivity index (χ2n) is 8.76. The Morgan fingerprint density at radius 1 is 1.27 bits per heavy atom. The van der Waals surface area contributed by atoms with E-state index in [9.17, 15) is 4.79 Å². The molecule has 0 aromatic carbocycles. The number of carbonyl (C=O) groups excluding carboxylic acids is 1. The van der Waals surface area contributed by atoms with Gasteiger partial charge in [0.2, 0.25) is 0 Å². The first-order valence-corrected chi connectivity index (χ1v) is 13.0. The van der Waals surface area contributed by atoms with E-state index >= 15 is 0 Å². The van der Waals surface area contributed by atoms with Crippen molar-refractivity contribution in [1.82, 2.24) is 34.2 Å². The van der Waals surface area contributed by atoms with Crippen LogP contribution in [-0.4, -0.2) is 40.8 Å². The van der Waals surface area contributed by atoms with Crippen LogP contribution in [0.2, 0.25) is 4.34 Å². The quantitative estimate of drug-likeness (QED) is 0.391. The van der Waals surface area contributed by atoms with Gasteiger partial charge in [-0.25, -0.2) is 15.0 Å². The predicted molar refractivity (Wildman–Crippen MR) is 131 cm³/mol. The molecule has 0 radical (unpaired) electrons. The van der Waals surface area contributed by atoms with E-state index in [0.717, 1.165) is 59.7 Å². The molecule has 172 valence electrons. The molecule has 33 heavy (non-hydrogen) atoms. The van der Waals surface area contributed by atoms with Crippen molar-refractivity contribution in [3.63, 3.8) is 0 Å². The molecule has 1 N–H and O–H groups in total. The minimum absolute atomic E-state index is 0.0766. The molecule has 8 nitrogen and oxygen atoms in total. The van der Waals surface area contributed by atoms with Crippen LogP contribution in [0.15, 0.2) is 24.8 Å². The van der Waals surface area contributed by atoms with Gasteiger partial charge in [0.15, 0.2) is 10.0 Å². The Balaban J connectivity index is 1.46. The van der Waals surface area contributed by atoms with Crippen LogP contribution in [0.4, 0.5) is 0 Å². The zero-order valence-electron chi connectivity index (χ0n) is 18.4. The van der Waals surface area contributed by atoms with E-state index in [0.29, 0.717) is 15.3 Å². The van der Waals surface area contributed by atoms with Crippen LogP contribution in [0.3, 0.4) is 0 Å². The average Bonchev–Trinajstić information content (AvgIpc) is 3.52. The van der Waals surface area contributed by atoms with E-state index in [1.165, 1.54) is 29.1 Å². The third-order valence-corrected chi connectivity index (χ3v) is 7.64. The van der Waals surface area contributed by atoms with E-state index in [1.54, 1.807) is 6.33 Å². The molecule has 5 rings (SSSR count). The van der Waals surface area contributed by atoms with Crippen LogP contribution >= 0.6 is 34.5 Å². The number of aromatic nitrogens is 6. The fourth-order valence-corrected chi connectivity index (χ4v) is 5.81. The molecule has 1 amide bonds. The van der Waals surface area contributed by atoms with E-state index in [-0.39, 0.29) is 18.0 Å². The fourth-order valence-electron chi connectivity index (χ4n) is 4.50. The summed E-state index contributed by atoms with van der Waals surface area (Å²) in [6.45, 7) is 4.41. The van der Waals surface area contributed by atoms with Crippen LogP contribution in [0.1, 0.15) is 61.2 Å². The summed E-state index contributed by atoms with van der Waals surface area (Å²) in [5.74, 6) is 1.39. The number of nitrogens with zero attached hydrogens (tertiary/aromatic N) is 6. The molecule has 4 aromatic heterocycles. The summed E-state index contributed by atoms with van der Waals surface area (Å²) in [5, 5.41) is 4.37. The largest absolute Gasteiger partial charge is 0.347 e. The number of nitrogens with one attached hydrogen (secondary N) is 1. The lowest BCUT2D eigenvalue weighted by Crippen LogP contribution is -2.39. The Labute approximate surface area is 204 Å². The zero-order chi connectivity index (χ0) is 22.9. The van der Waals surface area contributed by atoms with Crippen LogP contribution in [0, 0.1) is 5.92 Å². The minimum Gasteiger partial charge on any atom is -0.347 e. The third kappa shape index (κ3) is 4.78. The monoisotopic (exact) mass is 501 g/mol. The first kappa shape index (κ1) is 22.4. The SMILES string of the molecule is CC(C)Cc1nc2cnc(-c3ncns3)cc2n1[C@@H]1CCC[C@H](NC(=O)c2ncc(Cl)s2)C1. The lowest BCUT2D eigenvalue weighted by molar-refractivity contribution is 0.0920. The number of imidazole rings is 1. The molecule has 4 heterocycles. The Morgan fingerprint density at radius 3 is 2.88 bits per heavy atom. The Kier molecular flexibility index (Phi) is 6.40. The van der Waals surface area contributed by atoms with Crippen molar-refractivity contribution in [3.05, 3.63) is 40.0 Å². The number of hydrogen-bond acceptors (Lipinski definition) is 8. The molecule has 0 saturated heterocycles. The number of thiazole rings is 1. The summed E-state index contributed by atoms with van der Waals surface area (Å²) in [5.41, 5.74) is 2.76. The van der Waals surface area contributed by atoms with Gasteiger partial charge in [-0.3, -0.25) is 9.78 Å². The van der Waals surface area contributed by atoms with Gasteiger partial charge in [0, 0.05) is 18.5 Å². The molecule has 1 aliphatic rings. The van der Waals surface area contributed by atoms with Crippen molar-refractivity contribution < 1.29 is 4.79 Å². The highest BCUT2D eigenvalue weighted by Crippen LogP contribution is 2.35. The molecule has 11 heteroatoms. The topological polar surface area (TPSA) is 98.5 Å². The highest BCUT2D eigenvalue weighted by atomic mass is 35.5. The zero-order valence-corrected chi connectivity index (χ0v) is 20.8. The van der Waals surface area contributed by atoms with Gasteiger partial charge in [-0.2, -0.15) is 4.37 Å². The molecule has 0 bridgehead atoms. The van der Waals surface area contributed by atoms with Gasteiger partial charge in [0.25, 0.3) is 5.91 Å². The lowest BCUT2D eigenvalue weighted by Gasteiger charge is -2.32. The molecule has 4 aromatic rings. The predicted octanol–water partition coefficient (Wildman–Crippen LogP) is 5.17. The van der Waals surface area contributed by atoms with Crippen molar-refractivity contribution in [2.24, 2.45) is 5.92 Å². The molecule has 1 aliphatic carbocycles. The van der Waals surface area contributed by atoms with Gasteiger partial charge in [0.05, 0.1) is 17.9 Å². The first-order valence-electron chi connectivity index (χ1n) is 11.0. The molecular weight excluding hydrogens is 478 g/mol. The summed E-state index contributed by atoms with van der Waals surface area (Å²) in [7, 11) is 0. The summed E-state index contributed by atoms with van der Waals surface area (Å²) in [4.78, 5) is 30.6. The maximum absolute atomic E-state index is 12.7. The third-order valence-electron chi connectivity index (χ3n) is 5.84. The standard InChI is InChI=1S/C22H24ClN7OS2/c1-12(2)6-19-29-16-9-24-15(21-26-11-27-33-21)8-17(16)30(19)14-5-3-4-13(7-14)28-20(31)22-25-10-18(23)32-22/h8-14H,3-7H2,1-2H3,(H,28,31)/t13-,14+/m0/s1. The summed E-state index contributed by atoms with van der Waals surface area (Å²) in [6.07, 6.45) is 9.66. The molecule has 1 fully saturated rings. The Bertz CT molecular complexity index is 1270. The molecule has 0 aliphatic heterocycles. The molecule has 1 saturated carbocycles. The molecule has 0 unspecified atom stereocenters. The van der Waals surface area contributed by atoms with Gasteiger partial charge in [-0.15, -0.1) is 0 Å². The summed E-state index contributed by atoms with van der Waals surface area (Å²) < 4.78 is 7.01. The minimum atomic E-state index is -0.154. The van der Waals surface area contributed by atoms with Crippen LogP contribution in [-0.2, 0) is 6.42 Å². The molecule has 0 spiro atoms. The second-order valence-corrected chi connectivity index (χ2v) is 11.2. The number of carbonyl (C=O) groups is 1. The van der Waals surface area contributed by atoms with E-state index in [1.807, 2.05) is 6.20 Å². The second kappa shape index (κ2) is 9.44. The number of hydrogen-bond donors (Lipinski definition) is 1. The number of pyridine rings is 1. The Morgan fingerprint density at radius 2 is 2.15 bits per heavy atom. The van der Waals surface area contributed by atoms with E-state index in [2.05, 4.69) is 49.1 Å². The number of amides is 1. The van der Waals surface area contributed by atoms with Gasteiger partial charge in [0.1, 0.15) is 27.7 Å². The van der Waals surface area contributed by atoms with Gasteiger partial charge >= 0.3 is 0 Å². The molecule has 2 atom stereocenters. The summed E-state index contributed by atoms with van der Waals surface area (Å²) >= 11 is 8.49. The van der Waals surface area contributed by atoms with Crippen molar-refractivity contribution in [3.8, 4) is 10.7 Å². The van der Waals surface area contributed by atoms with E-state index < -0.39 is 0 Å². The van der Waals surface area contributed by atoms with Gasteiger partial charge in [-0.1, -0.05) is 36.8 Å². The van der Waals surface area contributed by atoms with Crippen molar-refractivity contribution in [2.45, 2.75) is 58.0 Å². The van der Waals surface area contributed by atoms with Crippen molar-refractivity contribution >= 4 is 51.4 Å². The van der Waals surface area contributed by atoms with Crippen LogP contribution < -0.4 is 5.32 Å². The number of halogens is 1. The maximum atomic E-state index is 12.7.